The zero-order chi connectivity index (χ0) is 18.0. The van der Waals surface area contributed by atoms with Crippen LogP contribution in [0.4, 0.5) is 4.79 Å². The van der Waals surface area contributed by atoms with Crippen LogP contribution in [0.5, 0.6) is 0 Å². The summed E-state index contributed by atoms with van der Waals surface area (Å²) in [4.78, 5) is 32.3. The second-order valence-electron chi connectivity index (χ2n) is 6.14. The van der Waals surface area contributed by atoms with Crippen molar-refractivity contribution in [1.82, 2.24) is 15.1 Å². The summed E-state index contributed by atoms with van der Waals surface area (Å²) in [5, 5.41) is 3.16. The minimum atomic E-state index is -0.502. The number of fused-ring (bicyclic) bond motifs is 1. The Morgan fingerprint density at radius 1 is 1.28 bits per heavy atom. The summed E-state index contributed by atoms with van der Waals surface area (Å²) in [6.07, 6.45) is -0.487. The minimum absolute atomic E-state index is 0.307. The maximum absolute atomic E-state index is 12.3. The summed E-state index contributed by atoms with van der Waals surface area (Å²) >= 11 is 1.58. The summed E-state index contributed by atoms with van der Waals surface area (Å²) < 4.78 is 5.17. The first kappa shape index (κ1) is 17.8. The highest BCUT2D eigenvalue weighted by atomic mass is 32.2. The first-order chi connectivity index (χ1) is 12.0. The third kappa shape index (κ3) is 3.64. The van der Waals surface area contributed by atoms with E-state index in [1.54, 1.807) is 25.9 Å². The molecule has 0 aromatic heterocycles. The second kappa shape index (κ2) is 7.45. The molecule has 0 saturated carbocycles. The van der Waals surface area contributed by atoms with Gasteiger partial charge in [0.05, 0.1) is 6.61 Å². The van der Waals surface area contributed by atoms with Crippen LogP contribution in [-0.4, -0.2) is 66.4 Å². The lowest BCUT2D eigenvalue weighted by Crippen LogP contribution is -2.63. The van der Waals surface area contributed by atoms with Crippen molar-refractivity contribution < 1.29 is 14.3 Å². The monoisotopic (exact) mass is 362 g/mol. The van der Waals surface area contributed by atoms with Gasteiger partial charge in [0.25, 0.3) is 5.91 Å². The summed E-state index contributed by atoms with van der Waals surface area (Å²) in [5.41, 5.74) is 2.41. The number of nitrogens with one attached hydrogen (secondary N) is 1. The van der Waals surface area contributed by atoms with Crippen LogP contribution in [0, 0.1) is 6.92 Å². The summed E-state index contributed by atoms with van der Waals surface area (Å²) in [7, 11) is 3.28. The molecule has 0 radical (unpaired) electrons. The van der Waals surface area contributed by atoms with E-state index in [9.17, 15) is 9.59 Å². The van der Waals surface area contributed by atoms with Crippen LogP contribution >= 0.6 is 11.8 Å². The largest absolute Gasteiger partial charge is 0.383 e. The highest BCUT2D eigenvalue weighted by Gasteiger charge is 2.48. The Hall–Kier alpha value is -2.06. The summed E-state index contributed by atoms with van der Waals surface area (Å²) in [5.74, 6) is 0.445. The molecule has 2 aliphatic rings. The van der Waals surface area contributed by atoms with E-state index in [0.29, 0.717) is 13.2 Å². The Morgan fingerprint density at radius 2 is 2.00 bits per heavy atom. The van der Waals surface area contributed by atoms with Crippen molar-refractivity contribution in [2.45, 2.75) is 24.9 Å². The van der Waals surface area contributed by atoms with Gasteiger partial charge in [-0.1, -0.05) is 41.6 Å². The fourth-order valence-electron chi connectivity index (χ4n) is 2.88. The van der Waals surface area contributed by atoms with Gasteiger partial charge in [-0.2, -0.15) is 0 Å². The van der Waals surface area contributed by atoms with Crippen LogP contribution < -0.4 is 5.32 Å². The topological polar surface area (TPSA) is 74.2 Å². The molecular weight excluding hydrogens is 340 g/mol. The molecule has 2 atom stereocenters. The van der Waals surface area contributed by atoms with Crippen LogP contribution in [0.1, 0.15) is 11.1 Å². The number of amides is 3. The van der Waals surface area contributed by atoms with E-state index in [0.717, 1.165) is 10.9 Å². The van der Waals surface area contributed by atoms with E-state index < -0.39 is 18.2 Å². The highest BCUT2D eigenvalue weighted by Crippen LogP contribution is 2.29. The Morgan fingerprint density at radius 3 is 2.68 bits per heavy atom. The SMILES string of the molecule is COCCN1C(SCc2ccc(C)cc2)=NC2C1C(=O)NC(=O)N2C. The van der Waals surface area contributed by atoms with Crippen LogP contribution in [0.2, 0.25) is 0 Å². The number of ether oxygens (including phenoxy) is 1. The van der Waals surface area contributed by atoms with Crippen molar-refractivity contribution in [1.29, 1.82) is 0 Å². The van der Waals surface area contributed by atoms with E-state index in [1.807, 2.05) is 4.90 Å². The zero-order valence-corrected chi connectivity index (χ0v) is 15.4. The van der Waals surface area contributed by atoms with Crippen molar-refractivity contribution in [2.75, 3.05) is 27.3 Å². The number of methoxy groups -OCH3 is 1. The average Bonchev–Trinajstić information content (AvgIpc) is 2.96. The highest BCUT2D eigenvalue weighted by molar-refractivity contribution is 8.13. The van der Waals surface area contributed by atoms with Gasteiger partial charge in [0.15, 0.2) is 17.4 Å². The number of carbonyl (C=O) groups excluding carboxylic acids is 2. The molecule has 1 N–H and O–H groups in total. The van der Waals surface area contributed by atoms with Crippen LogP contribution in [-0.2, 0) is 15.3 Å². The van der Waals surface area contributed by atoms with Crippen LogP contribution in [0.15, 0.2) is 29.3 Å². The Kier molecular flexibility index (Phi) is 5.29. The van der Waals surface area contributed by atoms with E-state index in [2.05, 4.69) is 41.5 Å². The van der Waals surface area contributed by atoms with E-state index >= 15 is 0 Å². The minimum Gasteiger partial charge on any atom is -0.383 e. The van der Waals surface area contributed by atoms with Crippen molar-refractivity contribution in [3.05, 3.63) is 35.4 Å². The number of imide groups is 1. The number of hydrogen-bond acceptors (Lipinski definition) is 6. The summed E-state index contributed by atoms with van der Waals surface area (Å²) in [6.45, 7) is 3.09. The van der Waals surface area contributed by atoms with Crippen molar-refractivity contribution in [3.63, 3.8) is 0 Å². The van der Waals surface area contributed by atoms with Gasteiger partial charge in [-0.3, -0.25) is 10.1 Å². The number of likely N-dealkylation sites (N-methyl/N-ethyl adjacent to an activating group) is 1. The fourth-order valence-corrected chi connectivity index (χ4v) is 3.92. The number of benzene rings is 1. The van der Waals surface area contributed by atoms with Gasteiger partial charge in [0, 0.05) is 26.5 Å². The molecule has 1 aromatic carbocycles. The van der Waals surface area contributed by atoms with Gasteiger partial charge in [-0.25, -0.2) is 9.79 Å². The molecule has 2 aliphatic heterocycles. The van der Waals surface area contributed by atoms with Crippen molar-refractivity contribution in [3.8, 4) is 0 Å². The van der Waals surface area contributed by atoms with E-state index in [4.69, 9.17) is 4.74 Å². The Balaban J connectivity index is 1.78. The van der Waals surface area contributed by atoms with Gasteiger partial charge < -0.3 is 14.5 Å². The Labute approximate surface area is 151 Å². The Bertz CT molecular complexity index is 692. The van der Waals surface area contributed by atoms with Gasteiger partial charge in [-0.05, 0) is 12.5 Å². The molecule has 1 fully saturated rings. The number of hydrogen-bond donors (Lipinski definition) is 1. The molecule has 3 amide bonds. The number of aliphatic imine (C=N–C) groups is 1. The quantitative estimate of drug-likeness (QED) is 0.858. The number of aryl methyl sites for hydroxylation is 1. The molecule has 1 aromatic rings. The molecule has 1 saturated heterocycles. The lowest BCUT2D eigenvalue weighted by molar-refractivity contribution is -0.127. The lowest BCUT2D eigenvalue weighted by Gasteiger charge is -2.36. The molecule has 2 heterocycles. The third-order valence-corrected chi connectivity index (χ3v) is 5.42. The molecule has 134 valence electrons. The molecule has 0 spiro atoms. The zero-order valence-electron chi connectivity index (χ0n) is 14.6. The van der Waals surface area contributed by atoms with Crippen LogP contribution in [0.25, 0.3) is 0 Å². The summed E-state index contributed by atoms with van der Waals surface area (Å²) in [6, 6.07) is 7.42. The molecule has 3 rings (SSSR count). The average molecular weight is 362 g/mol. The van der Waals surface area contributed by atoms with Gasteiger partial charge >= 0.3 is 6.03 Å². The van der Waals surface area contributed by atoms with Gasteiger partial charge in [-0.15, -0.1) is 0 Å². The number of urea groups is 1. The van der Waals surface area contributed by atoms with Crippen LogP contribution in [0.3, 0.4) is 0 Å². The molecule has 7 nitrogen and oxygen atoms in total. The first-order valence-electron chi connectivity index (χ1n) is 8.10. The van der Waals surface area contributed by atoms with Gasteiger partial charge in [0.1, 0.15) is 0 Å². The van der Waals surface area contributed by atoms with Gasteiger partial charge in [0.2, 0.25) is 0 Å². The maximum Gasteiger partial charge on any atom is 0.325 e. The number of nitrogens with zero attached hydrogens (tertiary/aromatic N) is 3. The third-order valence-electron chi connectivity index (χ3n) is 4.35. The predicted octanol–water partition coefficient (Wildman–Crippen LogP) is 1.42. The lowest BCUT2D eigenvalue weighted by atomic mass is 10.1. The molecule has 0 bridgehead atoms. The normalized spacial score (nSPS) is 22.8. The number of thioether (sulfide) groups is 1. The number of amidine groups is 1. The number of rotatable bonds is 5. The standard InChI is InChI=1S/C17H22N4O3S/c1-11-4-6-12(7-5-11)10-25-17-18-14-13(21(17)8-9-24-3)15(22)19-16(23)20(14)2/h4-7,13-14H,8-10H2,1-3H3,(H,19,22,23). The molecule has 2 unspecified atom stereocenters. The van der Waals surface area contributed by atoms with Crippen molar-refractivity contribution >= 4 is 28.9 Å². The molecular formula is C17H22N4O3S. The molecule has 25 heavy (non-hydrogen) atoms. The maximum atomic E-state index is 12.3. The molecule has 8 heteroatoms. The second-order valence-corrected chi connectivity index (χ2v) is 7.08. The molecule has 0 aliphatic carbocycles. The number of carbonyl (C=O) groups is 2. The van der Waals surface area contributed by atoms with Crippen molar-refractivity contribution in [2.24, 2.45) is 4.99 Å². The van der Waals surface area contributed by atoms with E-state index in [-0.39, 0.29) is 5.91 Å². The smallest absolute Gasteiger partial charge is 0.325 e. The first-order valence-corrected chi connectivity index (χ1v) is 9.09. The predicted molar refractivity (Wildman–Crippen MR) is 97.4 cm³/mol. The van der Waals surface area contributed by atoms with E-state index in [1.165, 1.54) is 16.0 Å². The fraction of sp³-hybridized carbons (Fsp3) is 0.471.